The first-order chi connectivity index (χ1) is 12.5. The van der Waals surface area contributed by atoms with Crippen LogP contribution in [0.15, 0.2) is 47.8 Å². The number of carbonyl (C=O) groups excluding carboxylic acids is 3. The van der Waals surface area contributed by atoms with Crippen molar-refractivity contribution in [3.8, 4) is 10.6 Å². The number of esters is 1. The second-order valence-electron chi connectivity index (χ2n) is 5.45. The first-order valence-corrected chi connectivity index (χ1v) is 8.58. The van der Waals surface area contributed by atoms with Gasteiger partial charge in [0.2, 0.25) is 0 Å². The van der Waals surface area contributed by atoms with Crippen molar-refractivity contribution in [3.63, 3.8) is 0 Å². The van der Waals surface area contributed by atoms with E-state index in [2.05, 4.69) is 4.98 Å². The number of aromatic nitrogens is 1. The Kier molecular flexibility index (Phi) is 4.94. The predicted molar refractivity (Wildman–Crippen MR) is 97.7 cm³/mol. The Bertz CT molecular complexity index is 985. The third kappa shape index (κ3) is 3.70. The smallest absolute Gasteiger partial charge is 0.339 e. The maximum absolute atomic E-state index is 12.6. The lowest BCUT2D eigenvalue weighted by molar-refractivity contribution is -0.127. The Morgan fingerprint density at radius 1 is 1.19 bits per heavy atom. The van der Waals surface area contributed by atoms with Crippen LogP contribution in [-0.4, -0.2) is 29.0 Å². The van der Waals surface area contributed by atoms with E-state index in [4.69, 9.17) is 10.5 Å². The summed E-state index contributed by atoms with van der Waals surface area (Å²) in [6, 6.07) is 11.6. The minimum Gasteiger partial charge on any atom is -0.449 e. The standard InChI is InChI=1S/C18H15N3O4S/c1-10(16(22)21-18(19)24)25-17(23)12-9-14(15-7-4-8-26-15)20-13-6-3-2-5-11(12)13/h2-10H,1H3,(H3,19,21,22,24). The molecule has 26 heavy (non-hydrogen) atoms. The van der Waals surface area contributed by atoms with Gasteiger partial charge in [-0.2, -0.15) is 0 Å². The second kappa shape index (κ2) is 7.32. The molecule has 2 heterocycles. The number of amides is 3. The van der Waals surface area contributed by atoms with Crippen molar-refractivity contribution in [2.24, 2.45) is 5.73 Å². The highest BCUT2D eigenvalue weighted by atomic mass is 32.1. The van der Waals surface area contributed by atoms with Crippen molar-refractivity contribution in [2.75, 3.05) is 0 Å². The van der Waals surface area contributed by atoms with E-state index < -0.39 is 24.0 Å². The van der Waals surface area contributed by atoms with Crippen molar-refractivity contribution in [1.82, 2.24) is 10.3 Å². The van der Waals surface area contributed by atoms with Gasteiger partial charge in [0, 0.05) is 5.39 Å². The number of rotatable bonds is 4. The van der Waals surface area contributed by atoms with Crippen LogP contribution in [0.1, 0.15) is 17.3 Å². The molecule has 8 heteroatoms. The fraction of sp³-hybridized carbons (Fsp3) is 0.111. The summed E-state index contributed by atoms with van der Waals surface area (Å²) >= 11 is 1.50. The number of hydrogen-bond acceptors (Lipinski definition) is 6. The van der Waals surface area contributed by atoms with Gasteiger partial charge in [0.15, 0.2) is 6.10 Å². The van der Waals surface area contributed by atoms with Crippen molar-refractivity contribution in [2.45, 2.75) is 13.0 Å². The van der Waals surface area contributed by atoms with Crippen molar-refractivity contribution in [3.05, 3.63) is 53.4 Å². The number of pyridine rings is 1. The number of para-hydroxylation sites is 1. The number of nitrogens with zero attached hydrogens (tertiary/aromatic N) is 1. The maximum atomic E-state index is 12.6. The summed E-state index contributed by atoms with van der Waals surface area (Å²) in [6.07, 6.45) is -1.17. The lowest BCUT2D eigenvalue weighted by atomic mass is 10.1. The molecule has 1 unspecified atom stereocenters. The zero-order chi connectivity index (χ0) is 18.7. The number of ether oxygens (including phenoxy) is 1. The van der Waals surface area contributed by atoms with Gasteiger partial charge < -0.3 is 10.5 Å². The number of benzene rings is 1. The fourth-order valence-corrected chi connectivity index (χ4v) is 3.08. The Balaban J connectivity index is 1.96. The highest BCUT2D eigenvalue weighted by Gasteiger charge is 2.22. The average molecular weight is 369 g/mol. The van der Waals surface area contributed by atoms with Crippen molar-refractivity contribution in [1.29, 1.82) is 0 Å². The third-order valence-electron chi connectivity index (χ3n) is 3.61. The summed E-state index contributed by atoms with van der Waals surface area (Å²) in [4.78, 5) is 40.6. The van der Waals surface area contributed by atoms with Gasteiger partial charge >= 0.3 is 12.0 Å². The molecule has 0 saturated carbocycles. The average Bonchev–Trinajstić information content (AvgIpc) is 3.14. The summed E-state index contributed by atoms with van der Waals surface area (Å²) in [7, 11) is 0. The van der Waals surface area contributed by atoms with E-state index in [0.717, 1.165) is 4.88 Å². The largest absolute Gasteiger partial charge is 0.449 e. The van der Waals surface area contributed by atoms with E-state index in [1.165, 1.54) is 18.3 Å². The van der Waals surface area contributed by atoms with Gasteiger partial charge in [0.1, 0.15) is 0 Å². The molecular weight excluding hydrogens is 354 g/mol. The molecule has 0 aliphatic carbocycles. The number of imide groups is 1. The van der Waals surface area contributed by atoms with E-state index >= 15 is 0 Å². The topological polar surface area (TPSA) is 111 Å². The van der Waals surface area contributed by atoms with E-state index in [0.29, 0.717) is 16.6 Å². The highest BCUT2D eigenvalue weighted by Crippen LogP contribution is 2.28. The van der Waals surface area contributed by atoms with Crippen LogP contribution in [0.25, 0.3) is 21.5 Å². The Morgan fingerprint density at radius 3 is 2.65 bits per heavy atom. The third-order valence-corrected chi connectivity index (χ3v) is 4.50. The minimum absolute atomic E-state index is 0.290. The zero-order valence-corrected chi connectivity index (χ0v) is 14.6. The van der Waals surface area contributed by atoms with Crippen LogP contribution in [0, 0.1) is 0 Å². The Hall–Kier alpha value is -3.26. The number of nitrogens with two attached hydrogens (primary N) is 1. The van der Waals surface area contributed by atoms with Gasteiger partial charge in [-0.3, -0.25) is 10.1 Å². The van der Waals surface area contributed by atoms with Gasteiger partial charge in [-0.25, -0.2) is 14.6 Å². The number of hydrogen-bond donors (Lipinski definition) is 2. The number of carbonyl (C=O) groups is 3. The number of fused-ring (bicyclic) bond motifs is 1. The monoisotopic (exact) mass is 369 g/mol. The summed E-state index contributed by atoms with van der Waals surface area (Å²) in [5.41, 5.74) is 6.47. The molecule has 0 radical (unpaired) electrons. The van der Waals surface area contributed by atoms with Gasteiger partial charge in [-0.05, 0) is 30.5 Å². The summed E-state index contributed by atoms with van der Waals surface area (Å²) in [5, 5.41) is 4.41. The molecule has 3 amide bonds. The normalized spacial score (nSPS) is 11.7. The molecule has 1 aromatic carbocycles. The van der Waals surface area contributed by atoms with Crippen LogP contribution >= 0.6 is 11.3 Å². The zero-order valence-electron chi connectivity index (χ0n) is 13.8. The van der Waals surface area contributed by atoms with Crippen LogP contribution in [0.2, 0.25) is 0 Å². The van der Waals surface area contributed by atoms with Gasteiger partial charge in [-0.1, -0.05) is 24.3 Å². The summed E-state index contributed by atoms with van der Waals surface area (Å²) in [6.45, 7) is 1.36. The predicted octanol–water partition coefficient (Wildman–Crippen LogP) is 2.70. The van der Waals surface area contributed by atoms with Crippen LogP contribution in [0.4, 0.5) is 4.79 Å². The van der Waals surface area contributed by atoms with Crippen molar-refractivity contribution >= 4 is 40.1 Å². The first kappa shape index (κ1) is 17.6. The molecule has 132 valence electrons. The Labute approximate surface area is 152 Å². The molecule has 0 aliphatic rings. The van der Waals surface area contributed by atoms with E-state index in [9.17, 15) is 14.4 Å². The maximum Gasteiger partial charge on any atom is 0.339 e. The SMILES string of the molecule is CC(OC(=O)c1cc(-c2cccs2)nc2ccccc12)C(=O)NC(N)=O. The number of urea groups is 1. The molecule has 2 aromatic heterocycles. The molecule has 3 rings (SSSR count). The molecule has 0 bridgehead atoms. The lowest BCUT2D eigenvalue weighted by Crippen LogP contribution is -2.42. The summed E-state index contributed by atoms with van der Waals surface area (Å²) in [5.74, 6) is -1.48. The fourth-order valence-electron chi connectivity index (χ4n) is 2.40. The number of nitrogens with one attached hydrogen (secondary N) is 1. The molecular formula is C18H15N3O4S. The molecule has 0 spiro atoms. The molecule has 3 N–H and O–H groups in total. The molecule has 0 aliphatic heterocycles. The van der Waals surface area contributed by atoms with Crippen LogP contribution in [0.5, 0.6) is 0 Å². The molecule has 0 saturated heterocycles. The first-order valence-electron chi connectivity index (χ1n) is 7.70. The van der Waals surface area contributed by atoms with E-state index in [-0.39, 0.29) is 5.56 Å². The quantitative estimate of drug-likeness (QED) is 0.687. The van der Waals surface area contributed by atoms with E-state index in [1.54, 1.807) is 24.3 Å². The van der Waals surface area contributed by atoms with Gasteiger partial charge in [0.05, 0.1) is 21.7 Å². The molecule has 1 atom stereocenters. The van der Waals surface area contributed by atoms with Crippen LogP contribution < -0.4 is 11.1 Å². The van der Waals surface area contributed by atoms with Gasteiger partial charge in [-0.15, -0.1) is 11.3 Å². The minimum atomic E-state index is -1.17. The van der Waals surface area contributed by atoms with Crippen LogP contribution in [0.3, 0.4) is 0 Å². The molecule has 3 aromatic rings. The number of primary amides is 1. The highest BCUT2D eigenvalue weighted by molar-refractivity contribution is 7.13. The van der Waals surface area contributed by atoms with Crippen LogP contribution in [-0.2, 0) is 9.53 Å². The lowest BCUT2D eigenvalue weighted by Gasteiger charge is -2.13. The number of thiophene rings is 1. The second-order valence-corrected chi connectivity index (χ2v) is 6.40. The molecule has 7 nitrogen and oxygen atoms in total. The Morgan fingerprint density at radius 2 is 1.96 bits per heavy atom. The summed E-state index contributed by atoms with van der Waals surface area (Å²) < 4.78 is 5.20. The van der Waals surface area contributed by atoms with Gasteiger partial charge in [0.25, 0.3) is 5.91 Å². The van der Waals surface area contributed by atoms with Crippen molar-refractivity contribution < 1.29 is 19.1 Å². The van der Waals surface area contributed by atoms with E-state index in [1.807, 2.05) is 28.9 Å². The molecule has 0 fully saturated rings.